The summed E-state index contributed by atoms with van der Waals surface area (Å²) < 4.78 is 3.29. The zero-order valence-corrected chi connectivity index (χ0v) is 13.9. The molecule has 0 bridgehead atoms. The number of carboxylic acid groups (broad SMARTS) is 1. The van der Waals surface area contributed by atoms with Crippen LogP contribution in [0.3, 0.4) is 0 Å². The van der Waals surface area contributed by atoms with Crippen LogP contribution >= 0.6 is 0 Å². The van der Waals surface area contributed by atoms with E-state index < -0.39 is 11.6 Å². The Hall–Kier alpha value is -2.31. The van der Waals surface area contributed by atoms with Gasteiger partial charge in [-0.1, -0.05) is 0 Å². The first-order valence-electron chi connectivity index (χ1n) is 7.76. The molecule has 1 aliphatic rings. The van der Waals surface area contributed by atoms with Crippen molar-refractivity contribution in [2.45, 2.75) is 51.2 Å². The van der Waals surface area contributed by atoms with E-state index in [0.29, 0.717) is 18.5 Å². The molecule has 0 saturated heterocycles. The molecule has 7 heteroatoms. The molecule has 1 fully saturated rings. The van der Waals surface area contributed by atoms with Gasteiger partial charge in [-0.25, -0.2) is 14.6 Å². The van der Waals surface area contributed by atoms with Gasteiger partial charge in [-0.15, -0.1) is 0 Å². The molecule has 0 radical (unpaired) electrons. The van der Waals surface area contributed by atoms with Crippen molar-refractivity contribution in [1.82, 2.24) is 19.0 Å². The molecule has 0 spiro atoms. The summed E-state index contributed by atoms with van der Waals surface area (Å²) >= 11 is 0. The minimum atomic E-state index is -0.913. The van der Waals surface area contributed by atoms with E-state index in [2.05, 4.69) is 4.98 Å². The molecule has 0 aromatic carbocycles. The number of aryl methyl sites for hydroxylation is 1. The molecule has 7 nitrogen and oxygen atoms in total. The molecular weight excluding hydrogens is 296 g/mol. The van der Waals surface area contributed by atoms with Crippen LogP contribution in [0, 0.1) is 0 Å². The van der Waals surface area contributed by atoms with Gasteiger partial charge < -0.3 is 10.0 Å². The van der Waals surface area contributed by atoms with Crippen molar-refractivity contribution in [3.8, 4) is 0 Å². The smallest absolute Gasteiger partial charge is 0.407 e. The highest BCUT2D eigenvalue weighted by Crippen LogP contribution is 2.39. The maximum absolute atomic E-state index is 12.5. The van der Waals surface area contributed by atoms with E-state index in [4.69, 9.17) is 0 Å². The molecule has 124 valence electrons. The summed E-state index contributed by atoms with van der Waals surface area (Å²) in [5, 5.41) is 9.47. The van der Waals surface area contributed by atoms with Crippen molar-refractivity contribution >= 4 is 17.3 Å². The Morgan fingerprint density at radius 3 is 2.61 bits per heavy atom. The highest BCUT2D eigenvalue weighted by Gasteiger charge is 2.43. The topological polar surface area (TPSA) is 80.4 Å². The second kappa shape index (κ2) is 5.11. The van der Waals surface area contributed by atoms with Crippen LogP contribution in [0.15, 0.2) is 23.1 Å². The summed E-state index contributed by atoms with van der Waals surface area (Å²) in [4.78, 5) is 29.9. The largest absolute Gasteiger partial charge is 0.465 e. The molecule has 2 aromatic heterocycles. The predicted molar refractivity (Wildman–Crippen MR) is 86.6 cm³/mol. The van der Waals surface area contributed by atoms with Crippen LogP contribution in [0.4, 0.5) is 4.79 Å². The molecule has 0 atom stereocenters. The number of nitrogens with zero attached hydrogens (tertiary/aromatic N) is 4. The van der Waals surface area contributed by atoms with Gasteiger partial charge in [0.25, 0.3) is 0 Å². The van der Waals surface area contributed by atoms with Crippen LogP contribution in [-0.2, 0) is 7.05 Å². The molecule has 2 heterocycles. The third kappa shape index (κ3) is 2.40. The Kier molecular flexibility index (Phi) is 3.46. The highest BCUT2D eigenvalue weighted by atomic mass is 16.4. The number of carbonyl (C=O) groups is 1. The van der Waals surface area contributed by atoms with Crippen LogP contribution in [0.5, 0.6) is 0 Å². The Labute approximate surface area is 134 Å². The highest BCUT2D eigenvalue weighted by molar-refractivity contribution is 5.71. The second-order valence-corrected chi connectivity index (χ2v) is 7.16. The molecule has 2 aromatic rings. The average molecular weight is 318 g/mol. The Balaban J connectivity index is 1.90. The Bertz CT molecular complexity index is 809. The number of amides is 1. The van der Waals surface area contributed by atoms with Gasteiger partial charge in [0.2, 0.25) is 0 Å². The van der Waals surface area contributed by atoms with E-state index >= 15 is 0 Å². The standard InChI is InChI=1S/C16H22N4O3/c1-16(2,3)20(15(22)23)11-8-10(9-11)19-13-12(6-5-7-17-13)18(4)14(19)21/h5-7,10-11H,8-9H2,1-4H3,(H,22,23). The number of rotatable bonds is 2. The van der Waals surface area contributed by atoms with E-state index in [1.807, 2.05) is 32.9 Å². The Morgan fingerprint density at radius 1 is 1.39 bits per heavy atom. The van der Waals surface area contributed by atoms with E-state index in [0.717, 1.165) is 5.52 Å². The first kappa shape index (κ1) is 15.6. The number of pyridine rings is 1. The SMILES string of the molecule is Cn1c(=O)n(C2CC(N(C(=O)O)C(C)(C)C)C2)c2ncccc21. The lowest BCUT2D eigenvalue weighted by molar-refractivity contribution is 0.0218. The maximum Gasteiger partial charge on any atom is 0.407 e. The first-order valence-corrected chi connectivity index (χ1v) is 7.76. The molecule has 0 unspecified atom stereocenters. The lowest BCUT2D eigenvalue weighted by atomic mass is 9.83. The van der Waals surface area contributed by atoms with Gasteiger partial charge >= 0.3 is 11.8 Å². The zero-order valence-electron chi connectivity index (χ0n) is 13.9. The molecule has 1 N–H and O–H groups in total. The molecule has 1 amide bonds. The van der Waals surface area contributed by atoms with E-state index in [1.165, 1.54) is 4.90 Å². The number of hydrogen-bond donors (Lipinski definition) is 1. The van der Waals surface area contributed by atoms with Gasteiger partial charge in [0.05, 0.1) is 5.52 Å². The van der Waals surface area contributed by atoms with Crippen LogP contribution in [0.1, 0.15) is 39.7 Å². The van der Waals surface area contributed by atoms with Gasteiger partial charge in [0.15, 0.2) is 5.65 Å². The van der Waals surface area contributed by atoms with Crippen molar-refractivity contribution in [2.24, 2.45) is 7.05 Å². The Morgan fingerprint density at radius 2 is 2.04 bits per heavy atom. The summed E-state index contributed by atoms with van der Waals surface area (Å²) in [6.45, 7) is 5.67. The number of imidazole rings is 1. The molecule has 23 heavy (non-hydrogen) atoms. The molecule has 1 aliphatic carbocycles. The van der Waals surface area contributed by atoms with Crippen LogP contribution < -0.4 is 5.69 Å². The minimum Gasteiger partial charge on any atom is -0.465 e. The lowest BCUT2D eigenvalue weighted by Crippen LogP contribution is -2.56. The molecular formula is C16H22N4O3. The third-order valence-corrected chi connectivity index (χ3v) is 4.60. The van der Waals surface area contributed by atoms with Gasteiger partial charge in [0.1, 0.15) is 0 Å². The average Bonchev–Trinajstić information content (AvgIpc) is 2.65. The molecule has 0 aliphatic heterocycles. The summed E-state index contributed by atoms with van der Waals surface area (Å²) in [6, 6.07) is 3.61. The number of aromatic nitrogens is 3. The fraction of sp³-hybridized carbons (Fsp3) is 0.562. The summed E-state index contributed by atoms with van der Waals surface area (Å²) in [5.74, 6) is 0. The summed E-state index contributed by atoms with van der Waals surface area (Å²) in [5.41, 5.74) is 0.913. The van der Waals surface area contributed by atoms with E-state index in [9.17, 15) is 14.7 Å². The van der Waals surface area contributed by atoms with E-state index in [1.54, 1.807) is 22.4 Å². The van der Waals surface area contributed by atoms with Crippen LogP contribution in [0.25, 0.3) is 11.2 Å². The quantitative estimate of drug-likeness (QED) is 0.920. The number of fused-ring (bicyclic) bond motifs is 1. The first-order chi connectivity index (χ1) is 10.7. The zero-order chi connectivity index (χ0) is 16.9. The van der Waals surface area contributed by atoms with Crippen molar-refractivity contribution in [3.63, 3.8) is 0 Å². The van der Waals surface area contributed by atoms with Crippen LogP contribution in [-0.4, -0.2) is 41.8 Å². The molecule has 1 saturated carbocycles. The summed E-state index contributed by atoms with van der Waals surface area (Å²) in [7, 11) is 1.73. The van der Waals surface area contributed by atoms with Gasteiger partial charge in [0, 0.05) is 30.9 Å². The van der Waals surface area contributed by atoms with Gasteiger partial charge in [-0.3, -0.25) is 9.13 Å². The van der Waals surface area contributed by atoms with Gasteiger partial charge in [-0.2, -0.15) is 0 Å². The van der Waals surface area contributed by atoms with Crippen LogP contribution in [0.2, 0.25) is 0 Å². The fourth-order valence-electron chi connectivity index (χ4n) is 3.49. The maximum atomic E-state index is 12.5. The summed E-state index contributed by atoms with van der Waals surface area (Å²) in [6.07, 6.45) is 2.04. The van der Waals surface area contributed by atoms with E-state index in [-0.39, 0.29) is 17.8 Å². The second-order valence-electron chi connectivity index (χ2n) is 7.16. The van der Waals surface area contributed by atoms with Crippen molar-refractivity contribution in [3.05, 3.63) is 28.8 Å². The van der Waals surface area contributed by atoms with Crippen molar-refractivity contribution in [2.75, 3.05) is 0 Å². The monoisotopic (exact) mass is 318 g/mol. The van der Waals surface area contributed by atoms with Gasteiger partial charge in [-0.05, 0) is 45.7 Å². The molecule has 3 rings (SSSR count). The predicted octanol–water partition coefficient (Wildman–Crippen LogP) is 2.22. The third-order valence-electron chi connectivity index (χ3n) is 4.60. The normalized spacial score (nSPS) is 21.2. The van der Waals surface area contributed by atoms with Crippen molar-refractivity contribution in [1.29, 1.82) is 0 Å². The fourth-order valence-corrected chi connectivity index (χ4v) is 3.49. The minimum absolute atomic E-state index is 0.00435. The lowest BCUT2D eigenvalue weighted by Gasteiger charge is -2.47. The van der Waals surface area contributed by atoms with Crippen molar-refractivity contribution < 1.29 is 9.90 Å². The number of hydrogen-bond acceptors (Lipinski definition) is 3.